The largest absolute Gasteiger partial charge is 0.358 e. The van der Waals surface area contributed by atoms with Crippen LogP contribution in [0, 0.1) is 17.8 Å². The fourth-order valence-electron chi connectivity index (χ4n) is 3.84. The number of likely N-dealkylation sites (N-methyl/N-ethyl adjacent to an activating group) is 1. The van der Waals surface area contributed by atoms with E-state index < -0.39 is 6.04 Å². The lowest BCUT2D eigenvalue weighted by atomic mass is 10.0. The summed E-state index contributed by atoms with van der Waals surface area (Å²) in [5.74, 6) is 5.79. The summed E-state index contributed by atoms with van der Waals surface area (Å²) in [5.41, 5.74) is 5.43. The van der Waals surface area contributed by atoms with Gasteiger partial charge >= 0.3 is 0 Å². The van der Waals surface area contributed by atoms with Gasteiger partial charge in [0.25, 0.3) is 5.91 Å². The van der Waals surface area contributed by atoms with Crippen molar-refractivity contribution in [3.63, 3.8) is 0 Å². The number of amides is 2. The minimum Gasteiger partial charge on any atom is -0.358 e. The fraction of sp³-hybridized carbons (Fsp3) is 0.281. The van der Waals surface area contributed by atoms with E-state index in [0.717, 1.165) is 47.6 Å². The molecule has 0 aliphatic rings. The molecule has 0 radical (unpaired) electrons. The Kier molecular flexibility index (Phi) is 11.3. The van der Waals surface area contributed by atoms with Crippen LogP contribution in [0.4, 0.5) is 5.69 Å². The van der Waals surface area contributed by atoms with Crippen molar-refractivity contribution in [3.8, 4) is 11.8 Å². The summed E-state index contributed by atoms with van der Waals surface area (Å²) in [7, 11) is 1.56. The van der Waals surface area contributed by atoms with Gasteiger partial charge in [0.2, 0.25) is 5.91 Å². The third kappa shape index (κ3) is 9.44. The highest BCUT2D eigenvalue weighted by Crippen LogP contribution is 2.13. The molecule has 4 N–H and O–H groups in total. The molecule has 2 aromatic carbocycles. The van der Waals surface area contributed by atoms with Crippen molar-refractivity contribution < 1.29 is 9.59 Å². The molecule has 1 heterocycles. The molecule has 1 unspecified atom stereocenters. The standard InChI is InChI=1S/C32H37N5O2/c1-5-7-29(22-35-21-26-8-6-19-34-20-26)36-28-17-13-25(14-18-28)10-9-24-11-15-27(16-12-24)31(38)37-30(23(2)3)32(39)33-4/h6-8,11-20,23,30,35-36H,5,21-22H2,1-4H3,(H,33,39)(H,37,38)/b29-7+. The van der Waals surface area contributed by atoms with Gasteiger partial charge in [-0.2, -0.15) is 0 Å². The van der Waals surface area contributed by atoms with Crippen LogP contribution in [-0.2, 0) is 11.3 Å². The number of hydrogen-bond acceptors (Lipinski definition) is 5. The van der Waals surface area contributed by atoms with Crippen molar-refractivity contribution in [2.45, 2.75) is 39.8 Å². The number of carbonyl (C=O) groups is 2. The van der Waals surface area contributed by atoms with E-state index in [1.807, 2.05) is 62.5 Å². The minimum atomic E-state index is -0.587. The van der Waals surface area contributed by atoms with Crippen molar-refractivity contribution in [1.82, 2.24) is 20.9 Å². The number of pyridine rings is 1. The Morgan fingerprint density at radius 2 is 1.64 bits per heavy atom. The lowest BCUT2D eigenvalue weighted by Crippen LogP contribution is -2.48. The van der Waals surface area contributed by atoms with Crippen molar-refractivity contribution in [1.29, 1.82) is 0 Å². The molecule has 39 heavy (non-hydrogen) atoms. The maximum Gasteiger partial charge on any atom is 0.251 e. The van der Waals surface area contributed by atoms with E-state index in [-0.39, 0.29) is 17.7 Å². The lowest BCUT2D eigenvalue weighted by molar-refractivity contribution is -0.123. The number of nitrogens with one attached hydrogen (secondary N) is 4. The van der Waals surface area contributed by atoms with Crippen LogP contribution in [0.3, 0.4) is 0 Å². The summed E-state index contributed by atoms with van der Waals surface area (Å²) in [4.78, 5) is 28.8. The van der Waals surface area contributed by atoms with Crippen molar-refractivity contribution >= 4 is 17.5 Å². The number of allylic oxidation sites excluding steroid dienone is 1. The molecule has 0 aliphatic heterocycles. The van der Waals surface area contributed by atoms with E-state index in [0.29, 0.717) is 5.56 Å². The van der Waals surface area contributed by atoms with Crippen LogP contribution in [0.1, 0.15) is 54.2 Å². The van der Waals surface area contributed by atoms with E-state index in [1.165, 1.54) is 0 Å². The molecule has 0 bridgehead atoms. The van der Waals surface area contributed by atoms with Gasteiger partial charge in [0.1, 0.15) is 6.04 Å². The maximum absolute atomic E-state index is 12.6. The highest BCUT2D eigenvalue weighted by Gasteiger charge is 2.23. The molecule has 3 aromatic rings. The number of nitrogens with zero attached hydrogens (tertiary/aromatic N) is 1. The average molecular weight is 524 g/mol. The Hall–Kier alpha value is -4.41. The zero-order valence-corrected chi connectivity index (χ0v) is 23.0. The number of aromatic nitrogens is 1. The second-order valence-corrected chi connectivity index (χ2v) is 9.44. The smallest absolute Gasteiger partial charge is 0.251 e. The Bertz CT molecular complexity index is 1300. The Morgan fingerprint density at radius 3 is 2.21 bits per heavy atom. The highest BCUT2D eigenvalue weighted by atomic mass is 16.2. The molecule has 0 fully saturated rings. The van der Waals surface area contributed by atoms with Gasteiger partial charge in [-0.3, -0.25) is 14.6 Å². The molecule has 2 amide bonds. The fourth-order valence-corrected chi connectivity index (χ4v) is 3.84. The van der Waals surface area contributed by atoms with Crippen molar-refractivity contribution in [3.05, 3.63) is 107 Å². The van der Waals surface area contributed by atoms with Crippen LogP contribution in [-0.4, -0.2) is 36.4 Å². The summed E-state index contributed by atoms with van der Waals surface area (Å²) in [5, 5.41) is 12.3. The van der Waals surface area contributed by atoms with Crippen LogP contribution < -0.4 is 21.3 Å². The summed E-state index contributed by atoms with van der Waals surface area (Å²) in [6.45, 7) is 7.39. The molecule has 1 aromatic heterocycles. The highest BCUT2D eigenvalue weighted by molar-refractivity contribution is 5.97. The molecule has 1 atom stereocenters. The summed E-state index contributed by atoms with van der Waals surface area (Å²) >= 11 is 0. The first-order valence-electron chi connectivity index (χ1n) is 13.2. The quantitative estimate of drug-likeness (QED) is 0.278. The number of anilines is 1. The molecule has 3 rings (SSSR count). The van der Waals surface area contributed by atoms with Gasteiger partial charge < -0.3 is 21.3 Å². The van der Waals surface area contributed by atoms with Crippen molar-refractivity contribution in [2.75, 3.05) is 18.9 Å². The van der Waals surface area contributed by atoms with Gasteiger partial charge in [-0.1, -0.05) is 44.8 Å². The second-order valence-electron chi connectivity index (χ2n) is 9.44. The molecule has 7 nitrogen and oxygen atoms in total. The van der Waals surface area contributed by atoms with Crippen LogP contribution in [0.25, 0.3) is 0 Å². The summed E-state index contributed by atoms with van der Waals surface area (Å²) in [6, 6.07) is 18.5. The second kappa shape index (κ2) is 15.1. The minimum absolute atomic E-state index is 0.0241. The monoisotopic (exact) mass is 523 g/mol. The van der Waals surface area contributed by atoms with Crippen LogP contribution in [0.2, 0.25) is 0 Å². The molecule has 0 spiro atoms. The van der Waals surface area contributed by atoms with Crippen LogP contribution >= 0.6 is 0 Å². The van der Waals surface area contributed by atoms with E-state index in [9.17, 15) is 9.59 Å². The van der Waals surface area contributed by atoms with Gasteiger partial charge in [-0.15, -0.1) is 0 Å². The number of carbonyl (C=O) groups excluding carboxylic acids is 2. The first kappa shape index (κ1) is 29.2. The van der Waals surface area contributed by atoms with E-state index >= 15 is 0 Å². The summed E-state index contributed by atoms with van der Waals surface area (Å²) in [6.07, 6.45) is 6.76. The summed E-state index contributed by atoms with van der Waals surface area (Å²) < 4.78 is 0. The lowest BCUT2D eigenvalue weighted by Gasteiger charge is -2.20. The molecule has 0 aliphatic carbocycles. The van der Waals surface area contributed by atoms with Gasteiger partial charge in [-0.05, 0) is 72.5 Å². The van der Waals surface area contributed by atoms with Gasteiger partial charge in [0.05, 0.1) is 0 Å². The number of benzene rings is 2. The zero-order valence-electron chi connectivity index (χ0n) is 23.0. The van der Waals surface area contributed by atoms with Crippen molar-refractivity contribution in [2.24, 2.45) is 5.92 Å². The normalized spacial score (nSPS) is 11.8. The Labute approximate surface area is 231 Å². The predicted octanol–water partition coefficient (Wildman–Crippen LogP) is 4.48. The zero-order chi connectivity index (χ0) is 28.0. The molecule has 0 saturated carbocycles. The van der Waals surface area contributed by atoms with E-state index in [4.69, 9.17) is 0 Å². The van der Waals surface area contributed by atoms with E-state index in [2.05, 4.69) is 57.2 Å². The molecule has 202 valence electrons. The average Bonchev–Trinajstić information content (AvgIpc) is 2.95. The molecule has 0 saturated heterocycles. The van der Waals surface area contributed by atoms with Crippen LogP contribution in [0.5, 0.6) is 0 Å². The van der Waals surface area contributed by atoms with Gasteiger partial charge in [0, 0.05) is 60.6 Å². The maximum atomic E-state index is 12.6. The Balaban J connectivity index is 1.56. The SMILES string of the molecule is CC/C=C(\CNCc1cccnc1)Nc1ccc(C#Cc2ccc(C(=O)NC(C(=O)NC)C(C)C)cc2)cc1. The molecular weight excluding hydrogens is 486 g/mol. The number of rotatable bonds is 11. The van der Waals surface area contributed by atoms with E-state index in [1.54, 1.807) is 25.4 Å². The Morgan fingerprint density at radius 1 is 0.974 bits per heavy atom. The first-order valence-corrected chi connectivity index (χ1v) is 13.2. The number of hydrogen-bond donors (Lipinski definition) is 4. The first-order chi connectivity index (χ1) is 18.9. The van der Waals surface area contributed by atoms with Gasteiger partial charge in [0.15, 0.2) is 0 Å². The topological polar surface area (TPSA) is 95.2 Å². The van der Waals surface area contributed by atoms with Crippen LogP contribution in [0.15, 0.2) is 84.8 Å². The predicted molar refractivity (Wildman–Crippen MR) is 157 cm³/mol. The third-order valence-electron chi connectivity index (χ3n) is 5.99. The third-order valence-corrected chi connectivity index (χ3v) is 5.99. The molecule has 7 heteroatoms. The molecular formula is C32H37N5O2. The van der Waals surface area contributed by atoms with Gasteiger partial charge in [-0.25, -0.2) is 0 Å².